The first-order chi connectivity index (χ1) is 13.6. The molecular formula is C21H20FN3O3. The molecule has 1 amide bonds. The van der Waals surface area contributed by atoms with Crippen LogP contribution in [-0.2, 0) is 16.1 Å². The van der Waals surface area contributed by atoms with E-state index in [2.05, 4.69) is 10.3 Å². The van der Waals surface area contributed by atoms with E-state index in [0.29, 0.717) is 28.6 Å². The minimum absolute atomic E-state index is 0.0153. The second-order valence-corrected chi connectivity index (χ2v) is 6.88. The molecule has 1 atom stereocenters. The van der Waals surface area contributed by atoms with Crippen LogP contribution in [0.3, 0.4) is 0 Å². The molecule has 144 valence electrons. The van der Waals surface area contributed by atoms with Gasteiger partial charge in [-0.25, -0.2) is 4.39 Å². The fourth-order valence-corrected chi connectivity index (χ4v) is 3.49. The Labute approximate surface area is 161 Å². The monoisotopic (exact) mass is 381 g/mol. The number of carbonyl (C=O) groups excluding carboxylic acids is 2. The van der Waals surface area contributed by atoms with E-state index in [0.717, 1.165) is 19.4 Å². The van der Waals surface area contributed by atoms with E-state index in [4.69, 9.17) is 4.74 Å². The van der Waals surface area contributed by atoms with Crippen molar-refractivity contribution in [3.05, 3.63) is 65.9 Å². The number of ether oxygens (including phenoxy) is 1. The summed E-state index contributed by atoms with van der Waals surface area (Å²) in [5, 5.41) is 3.68. The minimum Gasteiger partial charge on any atom is -0.379 e. The van der Waals surface area contributed by atoms with Crippen LogP contribution < -0.4 is 5.32 Å². The van der Waals surface area contributed by atoms with Crippen molar-refractivity contribution in [3.63, 3.8) is 0 Å². The van der Waals surface area contributed by atoms with E-state index < -0.39 is 5.82 Å². The first-order valence-electron chi connectivity index (χ1n) is 9.22. The first-order valence-corrected chi connectivity index (χ1v) is 9.22. The number of nitrogens with zero attached hydrogens (tertiary/aromatic N) is 2. The summed E-state index contributed by atoms with van der Waals surface area (Å²) in [6.07, 6.45) is 6.72. The lowest BCUT2D eigenvalue weighted by Crippen LogP contribution is -2.42. The second-order valence-electron chi connectivity index (χ2n) is 6.88. The van der Waals surface area contributed by atoms with Crippen LogP contribution in [0.15, 0.2) is 48.9 Å². The van der Waals surface area contributed by atoms with Crippen molar-refractivity contribution in [2.45, 2.75) is 25.4 Å². The Hall–Kier alpha value is -3.06. The van der Waals surface area contributed by atoms with Gasteiger partial charge in [0.25, 0.3) is 0 Å². The van der Waals surface area contributed by atoms with Crippen LogP contribution in [0.5, 0.6) is 0 Å². The lowest BCUT2D eigenvalue weighted by atomic mass is 10.0. The summed E-state index contributed by atoms with van der Waals surface area (Å²) in [7, 11) is 0. The lowest BCUT2D eigenvalue weighted by molar-refractivity contribution is -0.123. The number of halogens is 1. The topological polar surface area (TPSA) is 73.2 Å². The van der Waals surface area contributed by atoms with Gasteiger partial charge in [0.2, 0.25) is 5.91 Å². The molecular weight excluding hydrogens is 361 g/mol. The minimum atomic E-state index is -0.397. The van der Waals surface area contributed by atoms with Gasteiger partial charge in [0, 0.05) is 35.5 Å². The molecule has 7 heteroatoms. The number of amides is 1. The maximum atomic E-state index is 13.2. The number of rotatable bonds is 5. The molecule has 1 N–H and O–H groups in total. The number of fused-ring (bicyclic) bond motifs is 1. The molecule has 2 aromatic heterocycles. The molecule has 4 rings (SSSR count). The highest BCUT2D eigenvalue weighted by molar-refractivity contribution is 6.16. The predicted molar refractivity (Wildman–Crippen MR) is 102 cm³/mol. The van der Waals surface area contributed by atoms with E-state index in [-0.39, 0.29) is 24.3 Å². The number of aromatic nitrogens is 2. The first kappa shape index (κ1) is 18.3. The van der Waals surface area contributed by atoms with Gasteiger partial charge in [-0.2, -0.15) is 0 Å². The SMILES string of the molecule is O=C(Cn1cc(C(=O)c2ccc(F)cc2)c2ccncc21)N[C@H]1CCCOC1. The molecule has 0 bridgehead atoms. The third kappa shape index (κ3) is 3.80. The summed E-state index contributed by atoms with van der Waals surface area (Å²) in [4.78, 5) is 29.5. The number of hydrogen-bond donors (Lipinski definition) is 1. The van der Waals surface area contributed by atoms with E-state index in [1.807, 2.05) is 0 Å². The van der Waals surface area contributed by atoms with Gasteiger partial charge >= 0.3 is 0 Å². The zero-order chi connectivity index (χ0) is 19.5. The summed E-state index contributed by atoms with van der Waals surface area (Å²) in [5.74, 6) is -0.764. The van der Waals surface area contributed by atoms with E-state index >= 15 is 0 Å². The molecule has 0 aliphatic carbocycles. The number of hydrogen-bond acceptors (Lipinski definition) is 4. The Kier molecular flexibility index (Phi) is 5.16. The number of nitrogens with one attached hydrogen (secondary N) is 1. The van der Waals surface area contributed by atoms with Crippen molar-refractivity contribution in [3.8, 4) is 0 Å². The maximum absolute atomic E-state index is 13.2. The quantitative estimate of drug-likeness (QED) is 0.690. The molecule has 0 saturated carbocycles. The highest BCUT2D eigenvalue weighted by atomic mass is 19.1. The normalized spacial score (nSPS) is 16.8. The second kappa shape index (κ2) is 7.90. The van der Waals surface area contributed by atoms with Crippen molar-refractivity contribution in [2.24, 2.45) is 0 Å². The summed E-state index contributed by atoms with van der Waals surface area (Å²) in [6.45, 7) is 1.33. The Morgan fingerprint density at radius 3 is 2.82 bits per heavy atom. The van der Waals surface area contributed by atoms with Gasteiger partial charge in [0.15, 0.2) is 5.78 Å². The molecule has 0 radical (unpaired) electrons. The lowest BCUT2D eigenvalue weighted by Gasteiger charge is -2.23. The summed E-state index contributed by atoms with van der Waals surface area (Å²) >= 11 is 0. The van der Waals surface area contributed by atoms with Crippen LogP contribution in [0.1, 0.15) is 28.8 Å². The average molecular weight is 381 g/mol. The van der Waals surface area contributed by atoms with Gasteiger partial charge in [-0.1, -0.05) is 0 Å². The van der Waals surface area contributed by atoms with Crippen molar-refractivity contribution in [1.82, 2.24) is 14.9 Å². The zero-order valence-electron chi connectivity index (χ0n) is 15.2. The summed E-state index contributed by atoms with van der Waals surface area (Å²) < 4.78 is 20.3. The molecule has 3 heterocycles. The van der Waals surface area contributed by atoms with Gasteiger partial charge in [0.05, 0.1) is 24.4 Å². The third-order valence-corrected chi connectivity index (χ3v) is 4.87. The van der Waals surface area contributed by atoms with E-state index in [1.165, 1.54) is 24.3 Å². The van der Waals surface area contributed by atoms with Gasteiger partial charge in [-0.15, -0.1) is 0 Å². The number of benzene rings is 1. The van der Waals surface area contributed by atoms with Gasteiger partial charge in [0.1, 0.15) is 12.4 Å². The highest BCUT2D eigenvalue weighted by Gasteiger charge is 2.20. The van der Waals surface area contributed by atoms with Crippen LogP contribution in [-0.4, -0.2) is 40.5 Å². The molecule has 0 spiro atoms. The fraction of sp³-hybridized carbons (Fsp3) is 0.286. The largest absolute Gasteiger partial charge is 0.379 e. The van der Waals surface area contributed by atoms with Crippen molar-refractivity contribution in [2.75, 3.05) is 13.2 Å². The standard InChI is InChI=1S/C21H20FN3O3/c22-15-5-3-14(4-6-15)21(27)18-11-25(19-10-23-8-7-17(18)19)12-20(26)24-16-2-1-9-28-13-16/h3-8,10-11,16H,1-2,9,12-13H2,(H,24,26)/t16-/m0/s1. The van der Waals surface area contributed by atoms with E-state index in [1.54, 1.807) is 29.2 Å². The molecule has 1 aromatic carbocycles. The van der Waals surface area contributed by atoms with Crippen LogP contribution >= 0.6 is 0 Å². The number of pyridine rings is 1. The van der Waals surface area contributed by atoms with Gasteiger partial charge in [-0.3, -0.25) is 14.6 Å². The molecule has 3 aromatic rings. The Morgan fingerprint density at radius 2 is 2.07 bits per heavy atom. The predicted octanol–water partition coefficient (Wildman–Crippen LogP) is 2.70. The number of ketones is 1. The summed E-state index contributed by atoms with van der Waals surface area (Å²) in [6, 6.07) is 7.19. The van der Waals surface area contributed by atoms with Crippen LogP contribution in [0.25, 0.3) is 10.9 Å². The Balaban J connectivity index is 1.60. The van der Waals surface area contributed by atoms with Crippen LogP contribution in [0, 0.1) is 5.82 Å². The van der Waals surface area contributed by atoms with Crippen molar-refractivity contribution < 1.29 is 18.7 Å². The van der Waals surface area contributed by atoms with Gasteiger partial charge < -0.3 is 14.6 Å². The zero-order valence-corrected chi connectivity index (χ0v) is 15.2. The maximum Gasteiger partial charge on any atom is 0.240 e. The molecule has 6 nitrogen and oxygen atoms in total. The highest BCUT2D eigenvalue weighted by Crippen LogP contribution is 2.23. The third-order valence-electron chi connectivity index (χ3n) is 4.87. The van der Waals surface area contributed by atoms with Crippen molar-refractivity contribution in [1.29, 1.82) is 0 Å². The molecule has 1 aliphatic heterocycles. The van der Waals surface area contributed by atoms with E-state index in [9.17, 15) is 14.0 Å². The molecule has 1 saturated heterocycles. The fourth-order valence-electron chi connectivity index (χ4n) is 3.49. The Morgan fingerprint density at radius 1 is 1.25 bits per heavy atom. The molecule has 1 aliphatic rings. The molecule has 0 unspecified atom stereocenters. The summed E-state index contributed by atoms with van der Waals surface area (Å²) in [5.41, 5.74) is 1.54. The molecule has 28 heavy (non-hydrogen) atoms. The molecule has 1 fully saturated rings. The van der Waals surface area contributed by atoms with Gasteiger partial charge in [-0.05, 0) is 43.2 Å². The van der Waals surface area contributed by atoms with Crippen LogP contribution in [0.4, 0.5) is 4.39 Å². The van der Waals surface area contributed by atoms with Crippen molar-refractivity contribution >= 4 is 22.6 Å². The number of carbonyl (C=O) groups is 2. The smallest absolute Gasteiger partial charge is 0.240 e. The average Bonchev–Trinajstić information content (AvgIpc) is 3.07. The van der Waals surface area contributed by atoms with Crippen LogP contribution in [0.2, 0.25) is 0 Å². The Bertz CT molecular complexity index is 1010.